The molecule has 3 rings (SSSR count). The van der Waals surface area contributed by atoms with Crippen LogP contribution in [0.3, 0.4) is 0 Å². The summed E-state index contributed by atoms with van der Waals surface area (Å²) >= 11 is 3.29. The van der Waals surface area contributed by atoms with Gasteiger partial charge in [0, 0.05) is 36.2 Å². The SMILES string of the molecule is Cc1csc([C@H](Cc2ccsc2)NC(=O)CCCn2nc(C)cc2C)n1. The zero-order chi connectivity index (χ0) is 18.5. The molecule has 138 valence electrons. The summed E-state index contributed by atoms with van der Waals surface area (Å²) in [6.07, 6.45) is 2.04. The molecule has 0 radical (unpaired) electrons. The van der Waals surface area contributed by atoms with Crippen LogP contribution in [0.25, 0.3) is 0 Å². The molecular weight excluding hydrogens is 364 g/mol. The summed E-state index contributed by atoms with van der Waals surface area (Å²) in [5.41, 5.74) is 4.38. The third-order valence-corrected chi connectivity index (χ3v) is 5.98. The van der Waals surface area contributed by atoms with Gasteiger partial charge in [0.05, 0.1) is 11.7 Å². The smallest absolute Gasteiger partial charge is 0.220 e. The lowest BCUT2D eigenvalue weighted by Gasteiger charge is -2.16. The summed E-state index contributed by atoms with van der Waals surface area (Å²) in [4.78, 5) is 17.1. The number of thiazole rings is 1. The van der Waals surface area contributed by atoms with Crippen LogP contribution in [0.15, 0.2) is 28.3 Å². The van der Waals surface area contributed by atoms with Crippen LogP contribution in [0.1, 0.15) is 46.5 Å². The fourth-order valence-electron chi connectivity index (χ4n) is 2.93. The van der Waals surface area contributed by atoms with Crippen molar-refractivity contribution in [2.45, 2.75) is 52.6 Å². The van der Waals surface area contributed by atoms with E-state index in [9.17, 15) is 4.79 Å². The van der Waals surface area contributed by atoms with Gasteiger partial charge in [-0.3, -0.25) is 9.48 Å². The minimum Gasteiger partial charge on any atom is -0.347 e. The predicted molar refractivity (Wildman–Crippen MR) is 107 cm³/mol. The van der Waals surface area contributed by atoms with Gasteiger partial charge in [0.1, 0.15) is 5.01 Å². The van der Waals surface area contributed by atoms with Crippen molar-refractivity contribution in [1.82, 2.24) is 20.1 Å². The van der Waals surface area contributed by atoms with Crippen molar-refractivity contribution in [3.05, 3.63) is 55.9 Å². The van der Waals surface area contributed by atoms with Crippen LogP contribution >= 0.6 is 22.7 Å². The minimum absolute atomic E-state index is 0.0653. The van der Waals surface area contributed by atoms with Crippen LogP contribution in [0, 0.1) is 20.8 Å². The molecule has 0 spiro atoms. The van der Waals surface area contributed by atoms with Gasteiger partial charge in [-0.05, 0) is 55.6 Å². The summed E-state index contributed by atoms with van der Waals surface area (Å²) in [7, 11) is 0. The quantitative estimate of drug-likeness (QED) is 0.629. The van der Waals surface area contributed by atoms with E-state index in [1.807, 2.05) is 30.8 Å². The van der Waals surface area contributed by atoms with Crippen molar-refractivity contribution in [3.63, 3.8) is 0 Å². The lowest BCUT2D eigenvalue weighted by Crippen LogP contribution is -2.30. The first kappa shape index (κ1) is 18.8. The normalized spacial score (nSPS) is 12.3. The summed E-state index contributed by atoms with van der Waals surface area (Å²) < 4.78 is 1.97. The molecule has 1 amide bonds. The van der Waals surface area contributed by atoms with Crippen LogP contribution in [-0.2, 0) is 17.8 Å². The molecule has 3 aromatic heterocycles. The van der Waals surface area contributed by atoms with Crippen LogP contribution < -0.4 is 5.32 Å². The zero-order valence-corrected chi connectivity index (χ0v) is 17.0. The Balaban J connectivity index is 1.57. The number of aromatic nitrogens is 3. The van der Waals surface area contributed by atoms with Crippen molar-refractivity contribution in [1.29, 1.82) is 0 Å². The lowest BCUT2D eigenvalue weighted by molar-refractivity contribution is -0.122. The van der Waals surface area contributed by atoms with Crippen molar-refractivity contribution in [2.75, 3.05) is 0 Å². The van der Waals surface area contributed by atoms with Gasteiger partial charge in [0.2, 0.25) is 5.91 Å². The van der Waals surface area contributed by atoms with E-state index in [1.165, 1.54) is 5.56 Å². The first-order chi connectivity index (χ1) is 12.5. The van der Waals surface area contributed by atoms with E-state index in [0.717, 1.165) is 41.5 Å². The van der Waals surface area contributed by atoms with Crippen LogP contribution in [-0.4, -0.2) is 20.7 Å². The van der Waals surface area contributed by atoms with E-state index >= 15 is 0 Å². The van der Waals surface area contributed by atoms with Gasteiger partial charge in [-0.15, -0.1) is 11.3 Å². The fraction of sp³-hybridized carbons (Fsp3) is 0.421. The Morgan fingerprint density at radius 3 is 2.73 bits per heavy atom. The van der Waals surface area contributed by atoms with E-state index in [2.05, 4.69) is 38.3 Å². The maximum Gasteiger partial charge on any atom is 0.220 e. The second kappa shape index (κ2) is 8.60. The first-order valence-electron chi connectivity index (χ1n) is 8.75. The van der Waals surface area contributed by atoms with Crippen LogP contribution in [0.2, 0.25) is 0 Å². The van der Waals surface area contributed by atoms with E-state index in [0.29, 0.717) is 6.42 Å². The topological polar surface area (TPSA) is 59.8 Å². The zero-order valence-electron chi connectivity index (χ0n) is 15.4. The van der Waals surface area contributed by atoms with Gasteiger partial charge in [0.25, 0.3) is 0 Å². The third kappa shape index (κ3) is 5.02. The fourth-order valence-corrected chi connectivity index (χ4v) is 4.46. The Kier molecular flexibility index (Phi) is 6.21. The van der Waals surface area contributed by atoms with Gasteiger partial charge >= 0.3 is 0 Å². The Bertz CT molecular complexity index is 851. The number of nitrogens with zero attached hydrogens (tertiary/aromatic N) is 3. The minimum atomic E-state index is -0.0653. The van der Waals surface area contributed by atoms with E-state index in [-0.39, 0.29) is 11.9 Å². The Labute approximate surface area is 162 Å². The summed E-state index contributed by atoms with van der Waals surface area (Å²) in [5.74, 6) is 0.0691. The highest BCUT2D eigenvalue weighted by Crippen LogP contribution is 2.23. The number of hydrogen-bond acceptors (Lipinski definition) is 5. The summed E-state index contributed by atoms with van der Waals surface area (Å²) in [5, 5.41) is 14.8. The van der Waals surface area contributed by atoms with E-state index in [4.69, 9.17) is 0 Å². The molecule has 0 aliphatic carbocycles. The van der Waals surface area contributed by atoms with Crippen molar-refractivity contribution in [2.24, 2.45) is 0 Å². The van der Waals surface area contributed by atoms with E-state index in [1.54, 1.807) is 22.7 Å². The molecular formula is C19H24N4OS2. The highest BCUT2D eigenvalue weighted by Gasteiger charge is 2.18. The third-order valence-electron chi connectivity index (χ3n) is 4.17. The first-order valence-corrected chi connectivity index (χ1v) is 10.6. The molecule has 0 bridgehead atoms. The average Bonchev–Trinajstić information content (AvgIpc) is 3.30. The second-order valence-corrected chi connectivity index (χ2v) is 8.21. The highest BCUT2D eigenvalue weighted by molar-refractivity contribution is 7.09. The number of carbonyl (C=O) groups is 1. The molecule has 3 aromatic rings. The van der Waals surface area contributed by atoms with Gasteiger partial charge in [-0.25, -0.2) is 4.98 Å². The van der Waals surface area contributed by atoms with Gasteiger partial charge < -0.3 is 5.32 Å². The van der Waals surface area contributed by atoms with Gasteiger partial charge in [0.15, 0.2) is 0 Å². The molecule has 0 aromatic carbocycles. The average molecular weight is 389 g/mol. The molecule has 1 atom stereocenters. The largest absolute Gasteiger partial charge is 0.347 e. The highest BCUT2D eigenvalue weighted by atomic mass is 32.1. The number of amides is 1. The standard InChI is InChI=1S/C19H24N4OS2/c1-13-9-15(3)23(22-13)7-4-5-18(24)21-17(10-16-6-8-25-12-16)19-20-14(2)11-26-19/h6,8-9,11-12,17H,4-5,7,10H2,1-3H3,(H,21,24)/t17-/m0/s1. The second-order valence-electron chi connectivity index (χ2n) is 6.54. The molecule has 0 unspecified atom stereocenters. The van der Waals surface area contributed by atoms with E-state index < -0.39 is 0 Å². The van der Waals surface area contributed by atoms with Crippen LogP contribution in [0.5, 0.6) is 0 Å². The number of hydrogen-bond donors (Lipinski definition) is 1. The number of nitrogens with one attached hydrogen (secondary N) is 1. The molecule has 0 aliphatic heterocycles. The Hall–Kier alpha value is -1.99. The lowest BCUT2D eigenvalue weighted by atomic mass is 10.1. The monoisotopic (exact) mass is 388 g/mol. The maximum absolute atomic E-state index is 12.5. The molecule has 0 fully saturated rings. The molecule has 26 heavy (non-hydrogen) atoms. The van der Waals surface area contributed by atoms with Crippen molar-refractivity contribution in [3.8, 4) is 0 Å². The van der Waals surface area contributed by atoms with Crippen molar-refractivity contribution >= 4 is 28.6 Å². The number of thiophene rings is 1. The number of carbonyl (C=O) groups excluding carboxylic acids is 1. The van der Waals surface area contributed by atoms with Crippen molar-refractivity contribution < 1.29 is 4.79 Å². The summed E-state index contributed by atoms with van der Waals surface area (Å²) in [6.45, 7) is 6.78. The molecule has 0 saturated heterocycles. The number of aryl methyl sites for hydroxylation is 4. The predicted octanol–water partition coefficient (Wildman–Crippen LogP) is 4.21. The van der Waals surface area contributed by atoms with Gasteiger partial charge in [-0.1, -0.05) is 0 Å². The molecule has 5 nitrogen and oxygen atoms in total. The van der Waals surface area contributed by atoms with Gasteiger partial charge in [-0.2, -0.15) is 16.4 Å². The molecule has 3 heterocycles. The Morgan fingerprint density at radius 1 is 1.27 bits per heavy atom. The van der Waals surface area contributed by atoms with Crippen LogP contribution in [0.4, 0.5) is 0 Å². The summed E-state index contributed by atoms with van der Waals surface area (Å²) in [6, 6.07) is 4.10. The molecule has 1 N–H and O–H groups in total. The maximum atomic E-state index is 12.5. The molecule has 0 saturated carbocycles. The molecule has 0 aliphatic rings. The Morgan fingerprint density at radius 2 is 2.12 bits per heavy atom. The molecule has 7 heteroatoms. The number of rotatable bonds is 8.